The number of benzene rings is 1. The van der Waals surface area contributed by atoms with E-state index in [9.17, 15) is 14.5 Å². The van der Waals surface area contributed by atoms with Crippen molar-refractivity contribution in [1.82, 2.24) is 4.98 Å². The summed E-state index contributed by atoms with van der Waals surface area (Å²) in [5.41, 5.74) is -0.491. The zero-order valence-electron chi connectivity index (χ0n) is 8.54. The second-order valence-electron chi connectivity index (χ2n) is 3.13. The van der Waals surface area contributed by atoms with Crippen molar-refractivity contribution >= 4 is 17.4 Å². The molecule has 0 radical (unpaired) electrons. The molecule has 1 heterocycles. The summed E-state index contributed by atoms with van der Waals surface area (Å²) in [6, 6.07) is 7.46. The second-order valence-corrected chi connectivity index (χ2v) is 4.24. The molecule has 0 aliphatic rings. The molecule has 0 aliphatic carbocycles. The normalized spacial score (nSPS) is 10.2. The second kappa shape index (κ2) is 4.92. The van der Waals surface area contributed by atoms with Crippen molar-refractivity contribution in [1.29, 1.82) is 0 Å². The smallest absolute Gasteiger partial charge is 0.265 e. The van der Waals surface area contributed by atoms with E-state index >= 15 is 0 Å². The van der Waals surface area contributed by atoms with Crippen LogP contribution in [0.15, 0.2) is 52.5 Å². The van der Waals surface area contributed by atoms with Gasteiger partial charge in [-0.15, -0.1) is 0 Å². The van der Waals surface area contributed by atoms with Gasteiger partial charge in [-0.2, -0.15) is 4.39 Å². The highest BCUT2D eigenvalue weighted by Gasteiger charge is 2.20. The number of nitro benzene ring substituents is 1. The molecule has 4 nitrogen and oxygen atoms in total. The van der Waals surface area contributed by atoms with Crippen LogP contribution in [-0.2, 0) is 0 Å². The van der Waals surface area contributed by atoms with Crippen molar-refractivity contribution in [2.75, 3.05) is 0 Å². The summed E-state index contributed by atoms with van der Waals surface area (Å²) in [6.07, 6.45) is 3.15. The molecule has 0 atom stereocenters. The number of pyridine rings is 1. The largest absolute Gasteiger partial charge is 0.318 e. The van der Waals surface area contributed by atoms with Gasteiger partial charge in [-0.3, -0.25) is 15.1 Å². The maximum Gasteiger partial charge on any atom is 0.318 e. The number of aromatic nitrogens is 1. The summed E-state index contributed by atoms with van der Waals surface area (Å²) in [7, 11) is 0. The number of nitro groups is 1. The van der Waals surface area contributed by atoms with Crippen molar-refractivity contribution in [3.63, 3.8) is 0 Å². The Labute approximate surface area is 101 Å². The fourth-order valence-electron chi connectivity index (χ4n) is 1.29. The van der Waals surface area contributed by atoms with Crippen molar-refractivity contribution < 1.29 is 9.31 Å². The molecule has 0 fully saturated rings. The monoisotopic (exact) mass is 250 g/mol. The van der Waals surface area contributed by atoms with E-state index in [2.05, 4.69) is 4.98 Å². The van der Waals surface area contributed by atoms with Crippen LogP contribution in [0.4, 0.5) is 10.1 Å². The maximum absolute atomic E-state index is 13.3. The molecular formula is C11H7FN2O2S. The van der Waals surface area contributed by atoms with Crippen LogP contribution < -0.4 is 0 Å². The number of halogens is 1. The summed E-state index contributed by atoms with van der Waals surface area (Å²) in [5, 5.41) is 10.8. The van der Waals surface area contributed by atoms with Crippen LogP contribution in [-0.4, -0.2) is 9.91 Å². The number of para-hydroxylation sites is 1. The Balaban J connectivity index is 2.40. The third-order valence-electron chi connectivity index (χ3n) is 2.01. The van der Waals surface area contributed by atoms with Crippen LogP contribution in [0.5, 0.6) is 0 Å². The van der Waals surface area contributed by atoms with Crippen LogP contribution in [0, 0.1) is 15.9 Å². The van der Waals surface area contributed by atoms with E-state index in [4.69, 9.17) is 0 Å². The molecule has 0 N–H and O–H groups in total. The SMILES string of the molecule is O=[N+]([O-])c1c(F)cccc1Sc1ccncc1. The highest BCUT2D eigenvalue weighted by atomic mass is 32.2. The number of nitrogens with zero attached hydrogens (tertiary/aromatic N) is 2. The van der Waals surface area contributed by atoms with Gasteiger partial charge in [-0.05, 0) is 24.3 Å². The van der Waals surface area contributed by atoms with E-state index in [1.54, 1.807) is 24.5 Å². The van der Waals surface area contributed by atoms with Gasteiger partial charge in [0.1, 0.15) is 0 Å². The molecule has 2 aromatic rings. The minimum Gasteiger partial charge on any atom is -0.265 e. The first-order valence-electron chi connectivity index (χ1n) is 4.69. The molecule has 0 unspecified atom stereocenters. The Morgan fingerprint density at radius 3 is 2.59 bits per heavy atom. The van der Waals surface area contributed by atoms with Gasteiger partial charge in [0.05, 0.1) is 9.82 Å². The van der Waals surface area contributed by atoms with Gasteiger partial charge in [0.15, 0.2) is 0 Å². The Morgan fingerprint density at radius 1 is 1.24 bits per heavy atom. The van der Waals surface area contributed by atoms with Crippen molar-refractivity contribution in [3.05, 3.63) is 58.7 Å². The van der Waals surface area contributed by atoms with Crippen LogP contribution in [0.3, 0.4) is 0 Å². The average molecular weight is 250 g/mol. The van der Waals surface area contributed by atoms with Crippen LogP contribution in [0.25, 0.3) is 0 Å². The van der Waals surface area contributed by atoms with Gasteiger partial charge in [0.25, 0.3) is 0 Å². The Bertz CT molecular complexity index is 548. The number of hydrogen-bond acceptors (Lipinski definition) is 4. The van der Waals surface area contributed by atoms with Crippen molar-refractivity contribution in [2.24, 2.45) is 0 Å². The molecule has 1 aromatic heterocycles. The number of rotatable bonds is 3. The molecule has 1 aromatic carbocycles. The van der Waals surface area contributed by atoms with Gasteiger partial charge in [0, 0.05) is 17.3 Å². The Hall–Kier alpha value is -1.95. The predicted octanol–water partition coefficient (Wildman–Crippen LogP) is 3.28. The molecule has 86 valence electrons. The lowest BCUT2D eigenvalue weighted by molar-refractivity contribution is -0.390. The van der Waals surface area contributed by atoms with Crippen LogP contribution in [0.2, 0.25) is 0 Å². The van der Waals surface area contributed by atoms with Gasteiger partial charge >= 0.3 is 5.69 Å². The summed E-state index contributed by atoms with van der Waals surface area (Å²) in [5.74, 6) is -0.825. The fraction of sp³-hybridized carbons (Fsp3) is 0. The molecule has 2 rings (SSSR count). The molecule has 0 spiro atoms. The van der Waals surface area contributed by atoms with E-state index in [1.165, 1.54) is 12.1 Å². The number of hydrogen-bond donors (Lipinski definition) is 0. The first-order chi connectivity index (χ1) is 8.18. The Morgan fingerprint density at radius 2 is 1.94 bits per heavy atom. The summed E-state index contributed by atoms with van der Waals surface area (Å²) in [4.78, 5) is 15.0. The zero-order valence-corrected chi connectivity index (χ0v) is 9.36. The zero-order chi connectivity index (χ0) is 12.3. The summed E-state index contributed by atoms with van der Waals surface area (Å²) < 4.78 is 13.3. The first kappa shape index (κ1) is 11.5. The summed E-state index contributed by atoms with van der Waals surface area (Å²) in [6.45, 7) is 0. The molecule has 0 saturated carbocycles. The quantitative estimate of drug-likeness (QED) is 0.619. The van der Waals surface area contributed by atoms with E-state index in [0.717, 1.165) is 22.7 Å². The van der Waals surface area contributed by atoms with E-state index in [-0.39, 0.29) is 4.90 Å². The third-order valence-corrected chi connectivity index (χ3v) is 3.07. The molecular weight excluding hydrogens is 243 g/mol. The lowest BCUT2D eigenvalue weighted by Gasteiger charge is -2.02. The van der Waals surface area contributed by atoms with Crippen LogP contribution in [0.1, 0.15) is 0 Å². The molecule has 17 heavy (non-hydrogen) atoms. The van der Waals surface area contributed by atoms with Crippen molar-refractivity contribution in [2.45, 2.75) is 9.79 Å². The van der Waals surface area contributed by atoms with Gasteiger partial charge in [-0.25, -0.2) is 0 Å². The minimum atomic E-state index is -0.825. The van der Waals surface area contributed by atoms with E-state index in [1.807, 2.05) is 0 Å². The van der Waals surface area contributed by atoms with E-state index < -0.39 is 16.4 Å². The maximum atomic E-state index is 13.3. The topological polar surface area (TPSA) is 56.0 Å². The van der Waals surface area contributed by atoms with E-state index in [0.29, 0.717) is 0 Å². The summed E-state index contributed by atoms with van der Waals surface area (Å²) >= 11 is 1.14. The molecule has 6 heteroatoms. The highest BCUT2D eigenvalue weighted by molar-refractivity contribution is 7.99. The van der Waals surface area contributed by atoms with Gasteiger partial charge in [0.2, 0.25) is 5.82 Å². The minimum absolute atomic E-state index is 0.279. The molecule has 0 amide bonds. The Kier molecular flexibility index (Phi) is 3.34. The van der Waals surface area contributed by atoms with Crippen LogP contribution >= 0.6 is 11.8 Å². The molecule has 0 bridgehead atoms. The first-order valence-corrected chi connectivity index (χ1v) is 5.51. The lowest BCUT2D eigenvalue weighted by Crippen LogP contribution is -1.94. The standard InChI is InChI=1S/C11H7FN2O2S/c12-9-2-1-3-10(11(9)14(15)16)17-8-4-6-13-7-5-8/h1-7H. The third kappa shape index (κ3) is 2.59. The average Bonchev–Trinajstić information content (AvgIpc) is 2.30. The molecule has 0 saturated heterocycles. The predicted molar refractivity (Wildman–Crippen MR) is 61.4 cm³/mol. The van der Waals surface area contributed by atoms with Gasteiger partial charge < -0.3 is 0 Å². The fourth-order valence-corrected chi connectivity index (χ4v) is 2.22. The molecule has 0 aliphatic heterocycles. The lowest BCUT2D eigenvalue weighted by atomic mass is 10.3. The van der Waals surface area contributed by atoms with Crippen molar-refractivity contribution in [3.8, 4) is 0 Å². The highest BCUT2D eigenvalue weighted by Crippen LogP contribution is 2.35. The van der Waals surface area contributed by atoms with Gasteiger partial charge in [-0.1, -0.05) is 17.8 Å².